The van der Waals surface area contributed by atoms with Crippen LogP contribution >= 0.6 is 15.9 Å². The molecule has 1 heterocycles. The third kappa shape index (κ3) is 2.59. The van der Waals surface area contributed by atoms with Crippen LogP contribution < -0.4 is 5.73 Å². The van der Waals surface area contributed by atoms with Gasteiger partial charge in [-0.1, -0.05) is 15.9 Å². The van der Waals surface area contributed by atoms with Crippen molar-refractivity contribution in [3.63, 3.8) is 0 Å². The van der Waals surface area contributed by atoms with Crippen molar-refractivity contribution < 1.29 is 4.79 Å². The average molecular weight is 311 g/mol. The number of benzene rings is 1. The Morgan fingerprint density at radius 1 is 1.56 bits per heavy atom. The molecule has 1 saturated heterocycles. The van der Waals surface area contributed by atoms with Crippen molar-refractivity contribution in [2.75, 3.05) is 13.1 Å². The fourth-order valence-electron chi connectivity index (χ4n) is 2.54. The van der Waals surface area contributed by atoms with Crippen LogP contribution in [-0.4, -0.2) is 29.9 Å². The molecule has 0 radical (unpaired) electrons. The molecule has 2 unspecified atom stereocenters. The summed E-state index contributed by atoms with van der Waals surface area (Å²) in [6, 6.07) is 6.04. The number of hydrogen-bond donors (Lipinski definition) is 1. The SMILES string of the molecule is Cc1cc(C(=O)N2CC(CN)CC2C)ccc1Br. The number of carbonyl (C=O) groups excluding carboxylic acids is 1. The van der Waals surface area contributed by atoms with E-state index in [1.165, 1.54) is 0 Å². The van der Waals surface area contributed by atoms with E-state index < -0.39 is 0 Å². The van der Waals surface area contributed by atoms with Crippen molar-refractivity contribution in [2.24, 2.45) is 11.7 Å². The van der Waals surface area contributed by atoms with E-state index in [-0.39, 0.29) is 11.9 Å². The lowest BCUT2D eigenvalue weighted by Gasteiger charge is -2.21. The van der Waals surface area contributed by atoms with Crippen LogP contribution in [0.2, 0.25) is 0 Å². The van der Waals surface area contributed by atoms with Gasteiger partial charge < -0.3 is 10.6 Å². The fraction of sp³-hybridized carbons (Fsp3) is 0.500. The molecule has 2 N–H and O–H groups in total. The first kappa shape index (κ1) is 13.6. The molecule has 1 aromatic carbocycles. The highest BCUT2D eigenvalue weighted by Crippen LogP contribution is 2.25. The Hall–Kier alpha value is -0.870. The van der Waals surface area contributed by atoms with Gasteiger partial charge in [0.25, 0.3) is 5.91 Å². The number of halogens is 1. The molecule has 0 aliphatic carbocycles. The average Bonchev–Trinajstić information content (AvgIpc) is 2.73. The lowest BCUT2D eigenvalue weighted by Crippen LogP contribution is -2.34. The third-order valence-electron chi connectivity index (χ3n) is 3.66. The number of rotatable bonds is 2. The molecule has 1 aliphatic heterocycles. The van der Waals surface area contributed by atoms with Gasteiger partial charge in [-0.3, -0.25) is 4.79 Å². The van der Waals surface area contributed by atoms with Crippen LogP contribution in [0.3, 0.4) is 0 Å². The number of hydrogen-bond acceptors (Lipinski definition) is 2. The van der Waals surface area contributed by atoms with Gasteiger partial charge in [0.05, 0.1) is 0 Å². The third-order valence-corrected chi connectivity index (χ3v) is 4.55. The van der Waals surface area contributed by atoms with Gasteiger partial charge >= 0.3 is 0 Å². The van der Waals surface area contributed by atoms with E-state index in [9.17, 15) is 4.79 Å². The summed E-state index contributed by atoms with van der Waals surface area (Å²) in [5.41, 5.74) is 7.55. The van der Waals surface area contributed by atoms with Crippen molar-refractivity contribution in [3.05, 3.63) is 33.8 Å². The second-order valence-electron chi connectivity index (χ2n) is 5.11. The minimum Gasteiger partial charge on any atom is -0.336 e. The summed E-state index contributed by atoms with van der Waals surface area (Å²) >= 11 is 3.45. The molecule has 4 heteroatoms. The number of nitrogens with two attached hydrogens (primary N) is 1. The molecule has 98 valence electrons. The summed E-state index contributed by atoms with van der Waals surface area (Å²) in [6.07, 6.45) is 1.01. The fourth-order valence-corrected chi connectivity index (χ4v) is 2.79. The van der Waals surface area contributed by atoms with Gasteiger partial charge in [0, 0.05) is 22.6 Å². The Kier molecular flexibility index (Phi) is 4.07. The monoisotopic (exact) mass is 310 g/mol. The van der Waals surface area contributed by atoms with Crippen LogP contribution in [0.25, 0.3) is 0 Å². The second kappa shape index (κ2) is 5.41. The Morgan fingerprint density at radius 2 is 2.28 bits per heavy atom. The van der Waals surface area contributed by atoms with E-state index in [0.717, 1.165) is 28.6 Å². The van der Waals surface area contributed by atoms with Gasteiger partial charge in [0.1, 0.15) is 0 Å². The van der Waals surface area contributed by atoms with E-state index in [4.69, 9.17) is 5.73 Å². The molecular weight excluding hydrogens is 292 g/mol. The highest BCUT2D eigenvalue weighted by atomic mass is 79.9. The number of aryl methyl sites for hydroxylation is 1. The number of amides is 1. The normalized spacial score (nSPS) is 23.4. The lowest BCUT2D eigenvalue weighted by atomic mass is 10.1. The van der Waals surface area contributed by atoms with Crippen molar-refractivity contribution in [2.45, 2.75) is 26.3 Å². The second-order valence-corrected chi connectivity index (χ2v) is 5.96. The molecule has 1 fully saturated rings. The van der Waals surface area contributed by atoms with E-state index in [1.807, 2.05) is 30.0 Å². The quantitative estimate of drug-likeness (QED) is 0.912. The zero-order chi connectivity index (χ0) is 13.3. The van der Waals surface area contributed by atoms with Crippen molar-refractivity contribution in [1.82, 2.24) is 4.90 Å². The van der Waals surface area contributed by atoms with Gasteiger partial charge in [0.15, 0.2) is 0 Å². The van der Waals surface area contributed by atoms with E-state index in [1.54, 1.807) is 0 Å². The smallest absolute Gasteiger partial charge is 0.254 e. The van der Waals surface area contributed by atoms with Crippen molar-refractivity contribution in [1.29, 1.82) is 0 Å². The largest absolute Gasteiger partial charge is 0.336 e. The summed E-state index contributed by atoms with van der Waals surface area (Å²) in [7, 11) is 0. The summed E-state index contributed by atoms with van der Waals surface area (Å²) in [6.45, 7) is 5.54. The summed E-state index contributed by atoms with van der Waals surface area (Å²) < 4.78 is 1.04. The van der Waals surface area contributed by atoms with Crippen molar-refractivity contribution in [3.8, 4) is 0 Å². The van der Waals surface area contributed by atoms with Gasteiger partial charge in [0.2, 0.25) is 0 Å². The maximum absolute atomic E-state index is 12.5. The Bertz CT molecular complexity index is 461. The molecule has 2 atom stereocenters. The maximum Gasteiger partial charge on any atom is 0.254 e. The molecule has 2 rings (SSSR count). The van der Waals surface area contributed by atoms with Gasteiger partial charge in [-0.2, -0.15) is 0 Å². The number of carbonyl (C=O) groups is 1. The van der Waals surface area contributed by atoms with Gasteiger partial charge in [-0.15, -0.1) is 0 Å². The Labute approximate surface area is 116 Å². The Morgan fingerprint density at radius 3 is 2.83 bits per heavy atom. The predicted molar refractivity (Wildman–Crippen MR) is 76.5 cm³/mol. The molecule has 1 amide bonds. The van der Waals surface area contributed by atoms with E-state index in [2.05, 4.69) is 22.9 Å². The molecule has 0 spiro atoms. The molecule has 18 heavy (non-hydrogen) atoms. The maximum atomic E-state index is 12.5. The van der Waals surface area contributed by atoms with Crippen LogP contribution in [-0.2, 0) is 0 Å². The molecule has 3 nitrogen and oxygen atoms in total. The van der Waals surface area contributed by atoms with Gasteiger partial charge in [-0.25, -0.2) is 0 Å². The van der Waals surface area contributed by atoms with Crippen LogP contribution in [0.4, 0.5) is 0 Å². The standard InChI is InChI=1S/C14H19BrN2O/c1-9-5-12(3-4-13(9)15)14(18)17-8-11(7-16)6-10(17)2/h3-5,10-11H,6-8,16H2,1-2H3. The first-order chi connectivity index (χ1) is 8.52. The minimum absolute atomic E-state index is 0.119. The molecule has 0 saturated carbocycles. The molecule has 1 aromatic rings. The highest BCUT2D eigenvalue weighted by Gasteiger charge is 2.32. The van der Waals surface area contributed by atoms with Crippen LogP contribution in [0.15, 0.2) is 22.7 Å². The first-order valence-corrected chi connectivity index (χ1v) is 7.09. The molecule has 0 aromatic heterocycles. The first-order valence-electron chi connectivity index (χ1n) is 6.30. The summed E-state index contributed by atoms with van der Waals surface area (Å²) in [4.78, 5) is 14.4. The van der Waals surface area contributed by atoms with Crippen LogP contribution in [0, 0.1) is 12.8 Å². The van der Waals surface area contributed by atoms with E-state index >= 15 is 0 Å². The minimum atomic E-state index is 0.119. The molecular formula is C14H19BrN2O. The van der Waals surface area contributed by atoms with Gasteiger partial charge in [-0.05, 0) is 56.5 Å². The Balaban J connectivity index is 2.18. The topological polar surface area (TPSA) is 46.3 Å². The summed E-state index contributed by atoms with van der Waals surface area (Å²) in [5, 5.41) is 0. The van der Waals surface area contributed by atoms with E-state index in [0.29, 0.717) is 12.5 Å². The van der Waals surface area contributed by atoms with Crippen LogP contribution in [0.5, 0.6) is 0 Å². The molecule has 1 aliphatic rings. The zero-order valence-electron chi connectivity index (χ0n) is 10.8. The molecule has 0 bridgehead atoms. The predicted octanol–water partition coefficient (Wildman–Crippen LogP) is 2.57. The number of nitrogens with zero attached hydrogens (tertiary/aromatic N) is 1. The van der Waals surface area contributed by atoms with Crippen LogP contribution in [0.1, 0.15) is 29.3 Å². The zero-order valence-corrected chi connectivity index (χ0v) is 12.4. The highest BCUT2D eigenvalue weighted by molar-refractivity contribution is 9.10. The van der Waals surface area contributed by atoms with Crippen molar-refractivity contribution >= 4 is 21.8 Å². The number of likely N-dealkylation sites (tertiary alicyclic amines) is 1. The summed E-state index contributed by atoms with van der Waals surface area (Å²) in [5.74, 6) is 0.564. The lowest BCUT2D eigenvalue weighted by molar-refractivity contribution is 0.0743.